The molecule has 2 amide bonds. The van der Waals surface area contributed by atoms with Gasteiger partial charge in [-0.05, 0) is 43.2 Å². The molecular formula is C23H21N3O5. The number of aromatic nitrogens is 2. The number of fused-ring (bicyclic) bond motifs is 2. The van der Waals surface area contributed by atoms with Crippen molar-refractivity contribution in [3.8, 4) is 0 Å². The first-order valence-corrected chi connectivity index (χ1v) is 10.1. The molecule has 1 aliphatic rings. The fourth-order valence-electron chi connectivity index (χ4n) is 3.58. The molecule has 31 heavy (non-hydrogen) atoms. The number of esters is 1. The molecule has 0 saturated carbocycles. The van der Waals surface area contributed by atoms with Crippen LogP contribution in [0.4, 0.5) is 0 Å². The third kappa shape index (κ3) is 4.53. The fraction of sp³-hybridized carbons (Fsp3) is 0.261. The lowest BCUT2D eigenvalue weighted by Crippen LogP contribution is -2.34. The van der Waals surface area contributed by atoms with Crippen LogP contribution in [0.25, 0.3) is 10.9 Å². The highest BCUT2D eigenvalue weighted by molar-refractivity contribution is 6.05. The van der Waals surface area contributed by atoms with Crippen molar-refractivity contribution in [2.75, 3.05) is 6.61 Å². The zero-order valence-electron chi connectivity index (χ0n) is 16.8. The lowest BCUT2D eigenvalue weighted by Gasteiger charge is -2.11. The predicted molar refractivity (Wildman–Crippen MR) is 113 cm³/mol. The number of aryl methyl sites for hydroxylation is 1. The number of carbonyl (C=O) groups is 3. The van der Waals surface area contributed by atoms with Crippen molar-refractivity contribution in [1.29, 1.82) is 0 Å². The number of ether oxygens (including phenoxy) is 1. The largest absolute Gasteiger partial charge is 0.452 e. The quantitative estimate of drug-likeness (QED) is 0.650. The minimum absolute atomic E-state index is 0.111. The lowest BCUT2D eigenvalue weighted by molar-refractivity contribution is -0.123. The Hall–Kier alpha value is -3.81. The van der Waals surface area contributed by atoms with Crippen molar-refractivity contribution in [3.63, 3.8) is 0 Å². The molecule has 0 radical (unpaired) electrons. The number of imide groups is 1. The van der Waals surface area contributed by atoms with E-state index in [1.807, 2.05) is 0 Å². The summed E-state index contributed by atoms with van der Waals surface area (Å²) < 4.78 is 6.73. The second-order valence-electron chi connectivity index (χ2n) is 7.35. The maximum Gasteiger partial charge on any atom is 0.338 e. The highest BCUT2D eigenvalue weighted by atomic mass is 16.5. The molecule has 0 spiro atoms. The van der Waals surface area contributed by atoms with Gasteiger partial charge in [0.15, 0.2) is 6.61 Å². The van der Waals surface area contributed by atoms with Crippen molar-refractivity contribution in [2.45, 2.75) is 32.2 Å². The smallest absolute Gasteiger partial charge is 0.338 e. The van der Waals surface area contributed by atoms with Crippen molar-refractivity contribution in [2.24, 2.45) is 0 Å². The maximum absolute atomic E-state index is 12.8. The van der Waals surface area contributed by atoms with E-state index in [4.69, 9.17) is 4.74 Å². The summed E-state index contributed by atoms with van der Waals surface area (Å²) in [5, 5.41) is 2.61. The summed E-state index contributed by atoms with van der Waals surface area (Å²) in [7, 11) is 0. The number of carbonyl (C=O) groups excluding carboxylic acids is 3. The summed E-state index contributed by atoms with van der Waals surface area (Å²) in [6, 6.07) is 12.8. The van der Waals surface area contributed by atoms with Crippen molar-refractivity contribution in [3.05, 3.63) is 75.8 Å². The molecule has 1 aromatic heterocycles. The summed E-state index contributed by atoms with van der Waals surface area (Å²) >= 11 is 0. The molecule has 0 bridgehead atoms. The van der Waals surface area contributed by atoms with Crippen LogP contribution in [-0.2, 0) is 22.5 Å². The summed E-state index contributed by atoms with van der Waals surface area (Å²) in [6.45, 7) is 0.0490. The zero-order valence-corrected chi connectivity index (χ0v) is 16.8. The van der Waals surface area contributed by atoms with Gasteiger partial charge in [-0.3, -0.25) is 24.3 Å². The first-order chi connectivity index (χ1) is 15.0. The van der Waals surface area contributed by atoms with Gasteiger partial charge in [0.05, 0.1) is 16.5 Å². The van der Waals surface area contributed by atoms with Crippen LogP contribution < -0.4 is 10.9 Å². The van der Waals surface area contributed by atoms with Crippen molar-refractivity contribution < 1.29 is 19.1 Å². The van der Waals surface area contributed by atoms with Crippen LogP contribution in [0.15, 0.2) is 53.3 Å². The molecule has 0 unspecified atom stereocenters. The van der Waals surface area contributed by atoms with Crippen LogP contribution >= 0.6 is 0 Å². The van der Waals surface area contributed by atoms with Crippen LogP contribution in [0.1, 0.15) is 45.8 Å². The first-order valence-electron chi connectivity index (χ1n) is 10.1. The third-order valence-electron chi connectivity index (χ3n) is 5.18. The van der Waals surface area contributed by atoms with Crippen molar-refractivity contribution in [1.82, 2.24) is 14.9 Å². The monoisotopic (exact) mass is 419 g/mol. The highest BCUT2D eigenvalue weighted by Crippen LogP contribution is 2.16. The van der Waals surface area contributed by atoms with Crippen LogP contribution in [0.2, 0.25) is 0 Å². The summed E-state index contributed by atoms with van der Waals surface area (Å²) in [4.78, 5) is 53.6. The van der Waals surface area contributed by atoms with E-state index in [1.165, 1.54) is 12.1 Å². The van der Waals surface area contributed by atoms with Gasteiger partial charge in [-0.1, -0.05) is 24.6 Å². The van der Waals surface area contributed by atoms with E-state index in [1.54, 1.807) is 41.0 Å². The number of benzene rings is 2. The molecule has 0 atom stereocenters. The molecule has 8 heteroatoms. The number of nitrogens with zero attached hydrogens (tertiary/aromatic N) is 2. The molecule has 0 aliphatic carbocycles. The van der Waals surface area contributed by atoms with E-state index < -0.39 is 24.4 Å². The third-order valence-corrected chi connectivity index (χ3v) is 5.18. The van der Waals surface area contributed by atoms with Gasteiger partial charge in [-0.25, -0.2) is 9.78 Å². The Morgan fingerprint density at radius 1 is 1.00 bits per heavy atom. The van der Waals surface area contributed by atoms with E-state index in [-0.39, 0.29) is 11.1 Å². The number of hydrogen-bond acceptors (Lipinski definition) is 6. The molecule has 3 aromatic rings. The average Bonchev–Trinajstić information content (AvgIpc) is 3.03. The molecule has 0 fully saturated rings. The molecule has 0 saturated heterocycles. The standard InChI is InChI=1S/C23H21N3O5/c27-20(25-21(28)15-7-3-1-4-8-15)14-31-23(30)16-10-11-17-18(13-16)24-19-9-5-2-6-12-26(19)22(17)29/h1,3-4,7-8,10-11,13H,2,5-6,9,12,14H2,(H,25,27,28). The average molecular weight is 419 g/mol. The molecule has 1 N–H and O–H groups in total. The Balaban J connectivity index is 1.45. The zero-order chi connectivity index (χ0) is 21.8. The Bertz CT molecular complexity index is 1220. The van der Waals surface area contributed by atoms with Crippen LogP contribution in [0.5, 0.6) is 0 Å². The second kappa shape index (κ2) is 8.91. The second-order valence-corrected chi connectivity index (χ2v) is 7.35. The SMILES string of the molecule is O=C(COC(=O)c1ccc2c(=O)n3c(nc2c1)CCCCC3)NC(=O)c1ccccc1. The van der Waals surface area contributed by atoms with Crippen LogP contribution in [-0.4, -0.2) is 33.9 Å². The number of rotatable bonds is 4. The number of nitrogens with one attached hydrogen (secondary N) is 1. The molecule has 4 rings (SSSR count). The summed E-state index contributed by atoms with van der Waals surface area (Å²) in [5.74, 6) is -1.32. The van der Waals surface area contributed by atoms with Crippen LogP contribution in [0.3, 0.4) is 0 Å². The molecule has 2 heterocycles. The van der Waals surface area contributed by atoms with E-state index >= 15 is 0 Å². The lowest BCUT2D eigenvalue weighted by atomic mass is 10.1. The topological polar surface area (TPSA) is 107 Å². The molecule has 1 aliphatic heterocycles. The van der Waals surface area contributed by atoms with E-state index in [0.29, 0.717) is 23.0 Å². The Labute approximate surface area is 177 Å². The van der Waals surface area contributed by atoms with Crippen LogP contribution in [0, 0.1) is 0 Å². The minimum atomic E-state index is -0.735. The predicted octanol–water partition coefficient (Wildman–Crippen LogP) is 2.24. The van der Waals surface area contributed by atoms with Gasteiger partial charge in [0, 0.05) is 18.5 Å². The summed E-state index contributed by atoms with van der Waals surface area (Å²) in [6.07, 6.45) is 3.68. The molecule has 158 valence electrons. The van der Waals surface area contributed by atoms with E-state index in [2.05, 4.69) is 10.3 Å². The minimum Gasteiger partial charge on any atom is -0.452 e. The van der Waals surface area contributed by atoms with Crippen molar-refractivity contribution >= 4 is 28.7 Å². The van der Waals surface area contributed by atoms with Gasteiger partial charge < -0.3 is 4.74 Å². The Kier molecular flexibility index (Phi) is 5.88. The fourth-order valence-corrected chi connectivity index (χ4v) is 3.58. The first kappa shape index (κ1) is 20.5. The van der Waals surface area contributed by atoms with Gasteiger partial charge in [0.2, 0.25) is 0 Å². The normalized spacial score (nSPS) is 13.2. The van der Waals surface area contributed by atoms with E-state index in [0.717, 1.165) is 31.5 Å². The maximum atomic E-state index is 12.8. The molecular weight excluding hydrogens is 398 g/mol. The Morgan fingerprint density at radius 3 is 2.61 bits per heavy atom. The van der Waals surface area contributed by atoms with Gasteiger partial charge in [-0.2, -0.15) is 0 Å². The summed E-state index contributed by atoms with van der Waals surface area (Å²) in [5.41, 5.74) is 0.824. The van der Waals surface area contributed by atoms with Gasteiger partial charge in [0.1, 0.15) is 5.82 Å². The number of hydrogen-bond donors (Lipinski definition) is 1. The Morgan fingerprint density at radius 2 is 1.81 bits per heavy atom. The van der Waals surface area contributed by atoms with Gasteiger partial charge in [-0.15, -0.1) is 0 Å². The van der Waals surface area contributed by atoms with Gasteiger partial charge in [0.25, 0.3) is 17.4 Å². The molecule has 8 nitrogen and oxygen atoms in total. The highest BCUT2D eigenvalue weighted by Gasteiger charge is 2.17. The number of amides is 2. The van der Waals surface area contributed by atoms with E-state index in [9.17, 15) is 19.2 Å². The molecule has 2 aromatic carbocycles. The van der Waals surface area contributed by atoms with Gasteiger partial charge >= 0.3 is 5.97 Å².